The van der Waals surface area contributed by atoms with Gasteiger partial charge in [0, 0.05) is 19.0 Å². The number of aryl methyl sites for hydroxylation is 1. The van der Waals surface area contributed by atoms with Crippen LogP contribution in [0.2, 0.25) is 0 Å². The standard InChI is InChI=1S/C25H28N4O5S/c1-17-23(18(2)29(27-17)20-9-5-4-6-10-20)26-24(30)19-13-15-28(16-14-19)35(32,33)22-12-8-7-11-21(22)25(31)34-3/h4-12,19H,13-16H2,1-3H3,(H,26,30). The van der Waals surface area contributed by atoms with Crippen LogP contribution < -0.4 is 5.32 Å². The van der Waals surface area contributed by atoms with Gasteiger partial charge in [0.05, 0.1) is 40.3 Å². The highest BCUT2D eigenvalue weighted by molar-refractivity contribution is 7.89. The summed E-state index contributed by atoms with van der Waals surface area (Å²) in [6.07, 6.45) is 0.743. The monoisotopic (exact) mass is 496 g/mol. The van der Waals surface area contributed by atoms with E-state index in [1.807, 2.05) is 44.2 Å². The molecule has 0 atom stereocenters. The van der Waals surface area contributed by atoms with Crippen molar-refractivity contribution in [1.29, 1.82) is 0 Å². The van der Waals surface area contributed by atoms with Gasteiger partial charge in [0.15, 0.2) is 0 Å². The van der Waals surface area contributed by atoms with E-state index in [2.05, 4.69) is 10.4 Å². The molecule has 35 heavy (non-hydrogen) atoms. The number of ether oxygens (including phenoxy) is 1. The second-order valence-electron chi connectivity index (χ2n) is 8.45. The van der Waals surface area contributed by atoms with Crippen molar-refractivity contribution < 1.29 is 22.7 Å². The van der Waals surface area contributed by atoms with Crippen molar-refractivity contribution in [3.63, 3.8) is 0 Å². The molecule has 10 heteroatoms. The summed E-state index contributed by atoms with van der Waals surface area (Å²) < 4.78 is 34.3. The molecule has 0 aliphatic carbocycles. The predicted octanol–water partition coefficient (Wildman–Crippen LogP) is 3.32. The third-order valence-electron chi connectivity index (χ3n) is 6.28. The van der Waals surface area contributed by atoms with E-state index in [0.717, 1.165) is 11.4 Å². The number of rotatable bonds is 6. The summed E-state index contributed by atoms with van der Waals surface area (Å²) in [5, 5.41) is 7.57. The van der Waals surface area contributed by atoms with E-state index in [9.17, 15) is 18.0 Å². The lowest BCUT2D eigenvalue weighted by atomic mass is 9.97. The predicted molar refractivity (Wildman–Crippen MR) is 131 cm³/mol. The lowest BCUT2D eigenvalue weighted by molar-refractivity contribution is -0.120. The fourth-order valence-electron chi connectivity index (χ4n) is 4.34. The molecule has 184 valence electrons. The van der Waals surface area contributed by atoms with Gasteiger partial charge in [-0.3, -0.25) is 4.79 Å². The molecule has 0 radical (unpaired) electrons. The Bertz CT molecular complexity index is 1340. The Balaban J connectivity index is 1.45. The Labute approximate surface area is 204 Å². The van der Waals surface area contributed by atoms with E-state index in [1.165, 1.54) is 23.5 Å². The normalized spacial score (nSPS) is 15.1. The third-order valence-corrected chi connectivity index (χ3v) is 8.23. The van der Waals surface area contributed by atoms with Crippen molar-refractivity contribution in [3.8, 4) is 5.69 Å². The Hall–Kier alpha value is -3.50. The molecule has 1 amide bonds. The summed E-state index contributed by atoms with van der Waals surface area (Å²) in [5.41, 5.74) is 3.09. The summed E-state index contributed by atoms with van der Waals surface area (Å²) >= 11 is 0. The molecule has 2 heterocycles. The first kappa shape index (κ1) is 24.6. The topological polar surface area (TPSA) is 111 Å². The number of anilines is 1. The number of amides is 1. The number of sulfonamides is 1. The molecule has 0 saturated carbocycles. The zero-order chi connectivity index (χ0) is 25.2. The fraction of sp³-hybridized carbons (Fsp3) is 0.320. The fourth-order valence-corrected chi connectivity index (χ4v) is 5.99. The van der Waals surface area contributed by atoms with Gasteiger partial charge in [-0.05, 0) is 51.0 Å². The van der Waals surface area contributed by atoms with E-state index < -0.39 is 16.0 Å². The molecular formula is C25H28N4O5S. The molecule has 0 bridgehead atoms. The quantitative estimate of drug-likeness (QED) is 0.524. The minimum absolute atomic E-state index is 0.00348. The Morgan fingerprint density at radius 3 is 2.29 bits per heavy atom. The van der Waals surface area contributed by atoms with Crippen molar-refractivity contribution in [2.45, 2.75) is 31.6 Å². The number of hydrogen-bond donors (Lipinski definition) is 1. The zero-order valence-electron chi connectivity index (χ0n) is 19.9. The lowest BCUT2D eigenvalue weighted by Gasteiger charge is -2.31. The minimum atomic E-state index is -3.91. The molecule has 1 fully saturated rings. The number of aromatic nitrogens is 2. The van der Waals surface area contributed by atoms with Crippen LogP contribution in [-0.2, 0) is 19.6 Å². The second-order valence-corrected chi connectivity index (χ2v) is 10.4. The average molecular weight is 497 g/mol. The number of esters is 1. The highest BCUT2D eigenvalue weighted by atomic mass is 32.2. The van der Waals surface area contributed by atoms with Crippen molar-refractivity contribution in [2.24, 2.45) is 5.92 Å². The molecule has 0 spiro atoms. The van der Waals surface area contributed by atoms with E-state index in [0.29, 0.717) is 24.2 Å². The van der Waals surface area contributed by atoms with Crippen LogP contribution in [0, 0.1) is 19.8 Å². The van der Waals surface area contributed by atoms with E-state index in [-0.39, 0.29) is 35.4 Å². The number of methoxy groups -OCH3 is 1. The molecule has 4 rings (SSSR count). The van der Waals surface area contributed by atoms with Gasteiger partial charge < -0.3 is 10.1 Å². The molecular weight excluding hydrogens is 468 g/mol. The van der Waals surface area contributed by atoms with Crippen LogP contribution in [-0.4, -0.2) is 54.6 Å². The minimum Gasteiger partial charge on any atom is -0.465 e. The van der Waals surface area contributed by atoms with Gasteiger partial charge in [-0.25, -0.2) is 17.9 Å². The van der Waals surface area contributed by atoms with Crippen LogP contribution in [0.15, 0.2) is 59.5 Å². The first-order chi connectivity index (χ1) is 16.7. The summed E-state index contributed by atoms with van der Waals surface area (Å²) in [4.78, 5) is 25.0. The molecule has 1 saturated heterocycles. The van der Waals surface area contributed by atoms with Gasteiger partial charge in [0.25, 0.3) is 0 Å². The number of carbonyl (C=O) groups excluding carboxylic acids is 2. The molecule has 2 aromatic carbocycles. The van der Waals surface area contributed by atoms with Crippen molar-refractivity contribution >= 4 is 27.6 Å². The van der Waals surface area contributed by atoms with E-state index in [1.54, 1.807) is 16.8 Å². The lowest BCUT2D eigenvalue weighted by Crippen LogP contribution is -2.41. The number of nitrogens with one attached hydrogen (secondary N) is 1. The Morgan fingerprint density at radius 2 is 1.63 bits per heavy atom. The number of para-hydroxylation sites is 1. The molecule has 9 nitrogen and oxygen atoms in total. The highest BCUT2D eigenvalue weighted by Gasteiger charge is 2.34. The summed E-state index contributed by atoms with van der Waals surface area (Å²) in [6.45, 7) is 4.10. The van der Waals surface area contributed by atoms with Crippen LogP contribution in [0.5, 0.6) is 0 Å². The zero-order valence-corrected chi connectivity index (χ0v) is 20.7. The maximum Gasteiger partial charge on any atom is 0.339 e. The van der Waals surface area contributed by atoms with Crippen molar-refractivity contribution in [1.82, 2.24) is 14.1 Å². The Morgan fingerprint density at radius 1 is 1.00 bits per heavy atom. The molecule has 1 N–H and O–H groups in total. The molecule has 1 aliphatic rings. The van der Waals surface area contributed by atoms with Crippen LogP contribution in [0.4, 0.5) is 5.69 Å². The molecule has 1 aliphatic heterocycles. The smallest absolute Gasteiger partial charge is 0.339 e. The average Bonchev–Trinajstić information content (AvgIpc) is 3.17. The SMILES string of the molecule is COC(=O)c1ccccc1S(=O)(=O)N1CCC(C(=O)Nc2c(C)nn(-c3ccccc3)c2C)CC1. The first-order valence-corrected chi connectivity index (χ1v) is 12.8. The molecule has 0 unspecified atom stereocenters. The number of benzene rings is 2. The molecule has 1 aromatic heterocycles. The van der Waals surface area contributed by atoms with Crippen LogP contribution in [0.25, 0.3) is 5.69 Å². The van der Waals surface area contributed by atoms with Gasteiger partial charge in [0.2, 0.25) is 15.9 Å². The van der Waals surface area contributed by atoms with E-state index >= 15 is 0 Å². The third kappa shape index (κ3) is 4.85. The van der Waals surface area contributed by atoms with Crippen LogP contribution in [0.3, 0.4) is 0 Å². The van der Waals surface area contributed by atoms with Gasteiger partial charge in [0.1, 0.15) is 0 Å². The second kappa shape index (κ2) is 10.0. The first-order valence-electron chi connectivity index (χ1n) is 11.3. The number of piperidine rings is 1. The maximum atomic E-state index is 13.2. The van der Waals surface area contributed by atoms with Crippen LogP contribution in [0.1, 0.15) is 34.6 Å². The maximum absolute atomic E-state index is 13.2. The Kier molecular flexibility index (Phi) is 7.04. The summed E-state index contributed by atoms with van der Waals surface area (Å²) in [5.74, 6) is -1.20. The van der Waals surface area contributed by atoms with Crippen molar-refractivity contribution in [3.05, 3.63) is 71.5 Å². The largest absolute Gasteiger partial charge is 0.465 e. The number of carbonyl (C=O) groups is 2. The van der Waals surface area contributed by atoms with Gasteiger partial charge >= 0.3 is 5.97 Å². The van der Waals surface area contributed by atoms with Crippen molar-refractivity contribution in [2.75, 3.05) is 25.5 Å². The number of nitrogens with zero attached hydrogens (tertiary/aromatic N) is 3. The summed E-state index contributed by atoms with van der Waals surface area (Å²) in [7, 11) is -2.70. The van der Waals surface area contributed by atoms with E-state index in [4.69, 9.17) is 4.74 Å². The number of hydrogen-bond acceptors (Lipinski definition) is 6. The highest BCUT2D eigenvalue weighted by Crippen LogP contribution is 2.28. The summed E-state index contributed by atoms with van der Waals surface area (Å²) in [6, 6.07) is 15.7. The van der Waals surface area contributed by atoms with Crippen LogP contribution >= 0.6 is 0 Å². The van der Waals surface area contributed by atoms with Gasteiger partial charge in [-0.15, -0.1) is 0 Å². The molecule has 3 aromatic rings. The van der Waals surface area contributed by atoms with Gasteiger partial charge in [-0.1, -0.05) is 30.3 Å². The van der Waals surface area contributed by atoms with Gasteiger partial charge in [-0.2, -0.15) is 9.40 Å².